The summed E-state index contributed by atoms with van der Waals surface area (Å²) in [4.78, 5) is 34.8. The van der Waals surface area contributed by atoms with Crippen molar-refractivity contribution in [3.05, 3.63) is 0 Å². The molecule has 2 atom stereocenters. The van der Waals surface area contributed by atoms with Crippen LogP contribution in [-0.4, -0.2) is 52.2 Å². The van der Waals surface area contributed by atoms with Gasteiger partial charge < -0.3 is 20.4 Å². The van der Waals surface area contributed by atoms with Crippen molar-refractivity contribution in [1.82, 2.24) is 10.2 Å². The maximum absolute atomic E-state index is 11.9. The minimum absolute atomic E-state index is 0.0241. The van der Waals surface area contributed by atoms with Crippen LogP contribution in [0.4, 0.5) is 4.79 Å². The quantitative estimate of drug-likeness (QED) is 0.625. The van der Waals surface area contributed by atoms with Crippen LogP contribution in [0.25, 0.3) is 0 Å². The first-order chi connectivity index (χ1) is 9.15. The molecular formula is C13H24N2O5. The summed E-state index contributed by atoms with van der Waals surface area (Å²) in [5.74, 6) is -1.90. The Morgan fingerprint density at radius 2 is 1.70 bits per heavy atom. The van der Waals surface area contributed by atoms with E-state index in [1.54, 1.807) is 7.05 Å². The van der Waals surface area contributed by atoms with Gasteiger partial charge in [-0.15, -0.1) is 0 Å². The Kier molecular flexibility index (Phi) is 7.64. The Bertz CT molecular complexity index is 357. The maximum Gasteiger partial charge on any atom is 0.326 e. The maximum atomic E-state index is 11.9. The summed E-state index contributed by atoms with van der Waals surface area (Å²) in [5.41, 5.74) is 0. The molecule has 7 nitrogen and oxygen atoms in total. The molecule has 7 heteroatoms. The number of rotatable bonds is 8. The lowest BCUT2D eigenvalue weighted by Gasteiger charge is -2.28. The highest BCUT2D eigenvalue weighted by atomic mass is 16.4. The third-order valence-corrected chi connectivity index (χ3v) is 3.04. The molecule has 0 saturated heterocycles. The normalized spacial score (nSPS) is 13.7. The summed E-state index contributed by atoms with van der Waals surface area (Å²) in [6.07, 6.45) is 0.363. The zero-order valence-corrected chi connectivity index (χ0v) is 12.4. The van der Waals surface area contributed by atoms with Gasteiger partial charge in [0.25, 0.3) is 0 Å². The molecule has 0 aliphatic rings. The summed E-state index contributed by atoms with van der Waals surface area (Å²) >= 11 is 0. The van der Waals surface area contributed by atoms with E-state index in [9.17, 15) is 14.4 Å². The van der Waals surface area contributed by atoms with Crippen LogP contribution in [0.1, 0.15) is 40.0 Å². The molecule has 0 aliphatic heterocycles. The van der Waals surface area contributed by atoms with Crippen molar-refractivity contribution < 1.29 is 24.6 Å². The summed E-state index contributed by atoms with van der Waals surface area (Å²) in [5, 5.41) is 19.9. The predicted molar refractivity (Wildman–Crippen MR) is 73.5 cm³/mol. The van der Waals surface area contributed by atoms with Crippen molar-refractivity contribution in [2.24, 2.45) is 5.92 Å². The molecule has 20 heavy (non-hydrogen) atoms. The van der Waals surface area contributed by atoms with Gasteiger partial charge in [0.05, 0.1) is 0 Å². The third-order valence-electron chi connectivity index (χ3n) is 3.04. The molecule has 0 spiro atoms. The van der Waals surface area contributed by atoms with E-state index in [0.717, 1.165) is 6.42 Å². The van der Waals surface area contributed by atoms with E-state index in [2.05, 4.69) is 5.32 Å². The number of carboxylic acid groups (broad SMARTS) is 2. The summed E-state index contributed by atoms with van der Waals surface area (Å²) in [6.45, 7) is 5.96. The standard InChI is InChI=1S/C13H24N2O5/c1-8(2)7-9(3)15(4)13(20)14-10(12(18)19)5-6-11(16)17/h8-10H,5-7H2,1-4H3,(H,14,20)(H,16,17)(H,18,19). The zero-order valence-electron chi connectivity index (χ0n) is 12.4. The number of nitrogens with one attached hydrogen (secondary N) is 1. The molecule has 0 heterocycles. The van der Waals surface area contributed by atoms with Crippen LogP contribution >= 0.6 is 0 Å². The van der Waals surface area contributed by atoms with Crippen LogP contribution < -0.4 is 5.32 Å². The Morgan fingerprint density at radius 1 is 1.15 bits per heavy atom. The third kappa shape index (κ3) is 6.96. The largest absolute Gasteiger partial charge is 0.481 e. The van der Waals surface area contributed by atoms with Crippen LogP contribution in [0, 0.1) is 5.92 Å². The lowest BCUT2D eigenvalue weighted by atomic mass is 10.0. The van der Waals surface area contributed by atoms with E-state index in [-0.39, 0.29) is 18.9 Å². The Balaban J connectivity index is 4.51. The van der Waals surface area contributed by atoms with Gasteiger partial charge in [0.15, 0.2) is 0 Å². The lowest BCUT2D eigenvalue weighted by Crippen LogP contribution is -2.49. The number of aliphatic carboxylic acids is 2. The monoisotopic (exact) mass is 288 g/mol. The van der Waals surface area contributed by atoms with Crippen LogP contribution in [0.3, 0.4) is 0 Å². The molecule has 0 bridgehead atoms. The number of urea groups is 1. The van der Waals surface area contributed by atoms with E-state index in [1.807, 2.05) is 20.8 Å². The van der Waals surface area contributed by atoms with Crippen LogP contribution in [0.5, 0.6) is 0 Å². The first kappa shape index (κ1) is 18.2. The van der Waals surface area contributed by atoms with Gasteiger partial charge in [-0.2, -0.15) is 0 Å². The fourth-order valence-corrected chi connectivity index (χ4v) is 1.82. The molecule has 0 radical (unpaired) electrons. The second kappa shape index (κ2) is 8.39. The molecule has 116 valence electrons. The van der Waals surface area contributed by atoms with Gasteiger partial charge in [-0.1, -0.05) is 13.8 Å². The number of hydrogen-bond acceptors (Lipinski definition) is 3. The molecule has 0 saturated carbocycles. The van der Waals surface area contributed by atoms with Crippen LogP contribution in [0.15, 0.2) is 0 Å². The molecule has 0 aromatic rings. The molecule has 0 rings (SSSR count). The molecule has 0 aliphatic carbocycles. The Morgan fingerprint density at radius 3 is 2.10 bits per heavy atom. The summed E-state index contributed by atoms with van der Waals surface area (Å²) in [6, 6.07) is -1.72. The van der Waals surface area contributed by atoms with Crippen molar-refractivity contribution in [1.29, 1.82) is 0 Å². The molecule has 0 fully saturated rings. The van der Waals surface area contributed by atoms with Gasteiger partial charge in [0.1, 0.15) is 6.04 Å². The molecule has 3 N–H and O–H groups in total. The highest BCUT2D eigenvalue weighted by Gasteiger charge is 2.24. The molecular weight excluding hydrogens is 264 g/mol. The number of nitrogens with zero attached hydrogens (tertiary/aromatic N) is 1. The second-order valence-corrected chi connectivity index (χ2v) is 5.36. The van der Waals surface area contributed by atoms with E-state index in [1.165, 1.54) is 4.90 Å². The van der Waals surface area contributed by atoms with Gasteiger partial charge in [0, 0.05) is 19.5 Å². The summed E-state index contributed by atoms with van der Waals surface area (Å²) in [7, 11) is 1.60. The van der Waals surface area contributed by atoms with Gasteiger partial charge in [-0.25, -0.2) is 9.59 Å². The minimum atomic E-state index is -1.23. The van der Waals surface area contributed by atoms with Crippen molar-refractivity contribution in [3.8, 4) is 0 Å². The Hall–Kier alpha value is -1.79. The van der Waals surface area contributed by atoms with Crippen molar-refractivity contribution in [2.45, 2.75) is 52.1 Å². The first-order valence-electron chi connectivity index (χ1n) is 6.63. The number of carboxylic acids is 2. The summed E-state index contributed by atoms with van der Waals surface area (Å²) < 4.78 is 0. The van der Waals surface area contributed by atoms with E-state index in [4.69, 9.17) is 10.2 Å². The second-order valence-electron chi connectivity index (χ2n) is 5.36. The fourth-order valence-electron chi connectivity index (χ4n) is 1.82. The van der Waals surface area contributed by atoms with E-state index < -0.39 is 24.0 Å². The van der Waals surface area contributed by atoms with Crippen molar-refractivity contribution >= 4 is 18.0 Å². The van der Waals surface area contributed by atoms with Gasteiger partial charge in [0.2, 0.25) is 0 Å². The fraction of sp³-hybridized carbons (Fsp3) is 0.769. The predicted octanol–water partition coefficient (Wildman–Crippen LogP) is 1.38. The van der Waals surface area contributed by atoms with Crippen molar-refractivity contribution in [3.63, 3.8) is 0 Å². The molecule has 0 aromatic carbocycles. The van der Waals surface area contributed by atoms with Crippen LogP contribution in [-0.2, 0) is 9.59 Å². The minimum Gasteiger partial charge on any atom is -0.481 e. The molecule has 2 unspecified atom stereocenters. The van der Waals surface area contributed by atoms with Crippen LogP contribution in [0.2, 0.25) is 0 Å². The number of amides is 2. The number of carbonyl (C=O) groups excluding carboxylic acids is 1. The first-order valence-corrected chi connectivity index (χ1v) is 6.63. The highest BCUT2D eigenvalue weighted by molar-refractivity contribution is 5.83. The number of carbonyl (C=O) groups is 3. The SMILES string of the molecule is CC(C)CC(C)N(C)C(=O)NC(CCC(=O)O)C(=O)O. The number of hydrogen-bond donors (Lipinski definition) is 3. The van der Waals surface area contributed by atoms with Gasteiger partial charge in [-0.3, -0.25) is 4.79 Å². The lowest BCUT2D eigenvalue weighted by molar-refractivity contribution is -0.140. The highest BCUT2D eigenvalue weighted by Crippen LogP contribution is 2.10. The zero-order chi connectivity index (χ0) is 15.9. The topological polar surface area (TPSA) is 107 Å². The van der Waals surface area contributed by atoms with Crippen molar-refractivity contribution in [2.75, 3.05) is 7.05 Å². The molecule has 2 amide bonds. The Labute approximate surface area is 119 Å². The van der Waals surface area contributed by atoms with E-state index >= 15 is 0 Å². The van der Waals surface area contributed by atoms with Gasteiger partial charge in [-0.05, 0) is 25.7 Å². The van der Waals surface area contributed by atoms with E-state index in [0.29, 0.717) is 5.92 Å². The average Bonchev–Trinajstić information content (AvgIpc) is 2.31. The van der Waals surface area contributed by atoms with Gasteiger partial charge >= 0.3 is 18.0 Å². The smallest absolute Gasteiger partial charge is 0.326 e. The molecule has 0 aromatic heterocycles. The average molecular weight is 288 g/mol.